The van der Waals surface area contributed by atoms with Crippen molar-refractivity contribution in [2.75, 3.05) is 7.11 Å². The van der Waals surface area contributed by atoms with Crippen LogP contribution < -0.4 is 10.1 Å². The number of aryl methyl sites for hydroxylation is 1. The Balaban J connectivity index is 1.64. The van der Waals surface area contributed by atoms with Crippen molar-refractivity contribution in [2.24, 2.45) is 0 Å². The zero-order valence-electron chi connectivity index (χ0n) is 18.7. The minimum atomic E-state index is -1.01. The minimum absolute atomic E-state index is 0.129. The highest BCUT2D eigenvalue weighted by molar-refractivity contribution is 6.02. The lowest BCUT2D eigenvalue weighted by molar-refractivity contribution is -0.132. The Morgan fingerprint density at radius 2 is 1.72 bits per heavy atom. The maximum Gasteiger partial charge on any atom is 0.255 e. The third kappa shape index (κ3) is 4.11. The van der Waals surface area contributed by atoms with Crippen molar-refractivity contribution >= 4 is 11.8 Å². The zero-order chi connectivity index (χ0) is 22.7. The lowest BCUT2D eigenvalue weighted by atomic mass is 9.82. The number of methoxy groups -OCH3 is 1. The van der Waals surface area contributed by atoms with Gasteiger partial charge < -0.3 is 15.0 Å². The van der Waals surface area contributed by atoms with Crippen LogP contribution in [-0.2, 0) is 24.3 Å². The van der Waals surface area contributed by atoms with Gasteiger partial charge in [0.05, 0.1) is 7.11 Å². The first-order valence-corrected chi connectivity index (χ1v) is 10.8. The Labute approximate surface area is 189 Å². The van der Waals surface area contributed by atoms with E-state index in [9.17, 15) is 9.59 Å². The first-order valence-electron chi connectivity index (χ1n) is 10.8. The molecule has 2 amide bonds. The molecule has 1 heterocycles. The summed E-state index contributed by atoms with van der Waals surface area (Å²) in [5.41, 5.74) is 3.68. The molecule has 1 aliphatic heterocycles. The summed E-state index contributed by atoms with van der Waals surface area (Å²) in [5, 5.41) is 3.08. The predicted molar refractivity (Wildman–Crippen MR) is 124 cm³/mol. The molecular weight excluding hydrogens is 400 g/mol. The van der Waals surface area contributed by atoms with Gasteiger partial charge in [0.2, 0.25) is 5.91 Å². The summed E-state index contributed by atoms with van der Waals surface area (Å²) in [7, 11) is 1.62. The van der Waals surface area contributed by atoms with Crippen LogP contribution in [0.3, 0.4) is 0 Å². The lowest BCUT2D eigenvalue weighted by Gasteiger charge is -2.44. The molecule has 1 aliphatic rings. The van der Waals surface area contributed by atoms with Crippen molar-refractivity contribution < 1.29 is 14.3 Å². The molecule has 0 unspecified atom stereocenters. The van der Waals surface area contributed by atoms with Gasteiger partial charge in [0.1, 0.15) is 11.3 Å². The molecule has 5 heteroatoms. The number of amides is 2. The highest BCUT2D eigenvalue weighted by atomic mass is 16.5. The van der Waals surface area contributed by atoms with Crippen LogP contribution in [0.2, 0.25) is 0 Å². The van der Waals surface area contributed by atoms with Gasteiger partial charge in [-0.2, -0.15) is 0 Å². The monoisotopic (exact) mass is 428 g/mol. The van der Waals surface area contributed by atoms with Crippen LogP contribution >= 0.6 is 0 Å². The standard InChI is InChI=1S/C27H28N2O3/c1-19-8-4-5-10-22(19)17-28-26(31)27(2)16-21-9-6-7-11-24(21)25(30)29(27)18-20-12-14-23(32-3)15-13-20/h4-15H,16-18H2,1-3H3,(H,28,31)/t27-/m1/s1. The van der Waals surface area contributed by atoms with Gasteiger partial charge in [0.25, 0.3) is 5.91 Å². The summed E-state index contributed by atoms with van der Waals surface area (Å²) in [6.07, 6.45) is 0.463. The van der Waals surface area contributed by atoms with Gasteiger partial charge in [0.15, 0.2) is 0 Å². The van der Waals surface area contributed by atoms with Gasteiger partial charge >= 0.3 is 0 Å². The number of hydrogen-bond donors (Lipinski definition) is 1. The van der Waals surface area contributed by atoms with Crippen LogP contribution in [-0.4, -0.2) is 29.4 Å². The molecule has 0 fully saturated rings. The molecule has 0 saturated carbocycles. The van der Waals surface area contributed by atoms with Crippen LogP contribution in [0, 0.1) is 6.92 Å². The summed E-state index contributed by atoms with van der Waals surface area (Å²) in [6, 6.07) is 23.1. The van der Waals surface area contributed by atoms with Crippen LogP contribution in [0.15, 0.2) is 72.8 Å². The molecule has 0 radical (unpaired) electrons. The maximum atomic E-state index is 13.5. The van der Waals surface area contributed by atoms with Crippen LogP contribution in [0.4, 0.5) is 0 Å². The fourth-order valence-corrected chi connectivity index (χ4v) is 4.26. The van der Waals surface area contributed by atoms with Crippen molar-refractivity contribution in [3.63, 3.8) is 0 Å². The van der Waals surface area contributed by atoms with E-state index in [0.717, 1.165) is 28.0 Å². The largest absolute Gasteiger partial charge is 0.497 e. The van der Waals surface area contributed by atoms with Crippen molar-refractivity contribution in [1.82, 2.24) is 10.2 Å². The molecule has 0 saturated heterocycles. The first-order chi connectivity index (χ1) is 15.4. The number of fused-ring (bicyclic) bond motifs is 1. The normalized spacial score (nSPS) is 17.6. The van der Waals surface area contributed by atoms with E-state index in [0.29, 0.717) is 25.1 Å². The van der Waals surface area contributed by atoms with E-state index in [1.165, 1.54) is 0 Å². The third-order valence-electron chi connectivity index (χ3n) is 6.31. The number of carbonyl (C=O) groups is 2. The topological polar surface area (TPSA) is 58.6 Å². The van der Waals surface area contributed by atoms with Crippen LogP contribution in [0.25, 0.3) is 0 Å². The number of rotatable bonds is 6. The summed E-state index contributed by atoms with van der Waals surface area (Å²) in [6.45, 7) is 4.65. The SMILES string of the molecule is COc1ccc(CN2C(=O)c3ccccc3C[C@]2(C)C(=O)NCc2ccccc2C)cc1. The molecule has 0 aliphatic carbocycles. The molecule has 32 heavy (non-hydrogen) atoms. The smallest absolute Gasteiger partial charge is 0.255 e. The number of nitrogens with one attached hydrogen (secondary N) is 1. The second-order valence-electron chi connectivity index (χ2n) is 8.46. The Hall–Kier alpha value is -3.60. The van der Waals surface area contributed by atoms with E-state index in [1.807, 2.05) is 86.6 Å². The van der Waals surface area contributed by atoms with Gasteiger partial charge in [0, 0.05) is 25.1 Å². The molecular formula is C27H28N2O3. The summed E-state index contributed by atoms with van der Waals surface area (Å²) < 4.78 is 5.24. The average molecular weight is 429 g/mol. The molecule has 3 aromatic carbocycles. The van der Waals surface area contributed by atoms with E-state index in [2.05, 4.69) is 5.32 Å². The lowest BCUT2D eigenvalue weighted by Crippen LogP contribution is -2.62. The Bertz CT molecular complexity index is 1140. The van der Waals surface area contributed by atoms with E-state index in [-0.39, 0.29) is 11.8 Å². The van der Waals surface area contributed by atoms with Crippen molar-refractivity contribution in [1.29, 1.82) is 0 Å². The number of nitrogens with zero attached hydrogens (tertiary/aromatic N) is 1. The van der Waals surface area contributed by atoms with Crippen LogP contribution in [0.1, 0.15) is 39.5 Å². The quantitative estimate of drug-likeness (QED) is 0.638. The molecule has 0 bridgehead atoms. The number of hydrogen-bond acceptors (Lipinski definition) is 3. The van der Waals surface area contributed by atoms with Crippen molar-refractivity contribution in [2.45, 2.75) is 38.9 Å². The molecule has 1 N–H and O–H groups in total. The Morgan fingerprint density at radius 3 is 2.44 bits per heavy atom. The van der Waals surface area contributed by atoms with E-state index in [4.69, 9.17) is 4.74 Å². The molecule has 164 valence electrons. The van der Waals surface area contributed by atoms with Crippen LogP contribution in [0.5, 0.6) is 5.75 Å². The first kappa shape index (κ1) is 21.6. The Kier molecular flexibility index (Phi) is 5.99. The fourth-order valence-electron chi connectivity index (χ4n) is 4.26. The summed E-state index contributed by atoms with van der Waals surface area (Å²) in [5.74, 6) is 0.469. The number of benzene rings is 3. The number of ether oxygens (including phenoxy) is 1. The highest BCUT2D eigenvalue weighted by Gasteiger charge is 2.46. The molecule has 0 spiro atoms. The predicted octanol–water partition coefficient (Wildman–Crippen LogP) is 4.28. The maximum absolute atomic E-state index is 13.5. The highest BCUT2D eigenvalue weighted by Crippen LogP contribution is 2.33. The van der Waals surface area contributed by atoms with E-state index in [1.54, 1.807) is 12.0 Å². The fraction of sp³-hybridized carbons (Fsp3) is 0.259. The van der Waals surface area contributed by atoms with Gasteiger partial charge in [-0.05, 0) is 54.3 Å². The van der Waals surface area contributed by atoms with E-state index >= 15 is 0 Å². The Morgan fingerprint density at radius 1 is 1.03 bits per heavy atom. The van der Waals surface area contributed by atoms with Gasteiger partial charge in [-0.15, -0.1) is 0 Å². The zero-order valence-corrected chi connectivity index (χ0v) is 18.7. The minimum Gasteiger partial charge on any atom is -0.497 e. The molecule has 1 atom stereocenters. The van der Waals surface area contributed by atoms with Gasteiger partial charge in [-0.3, -0.25) is 9.59 Å². The third-order valence-corrected chi connectivity index (χ3v) is 6.31. The van der Waals surface area contributed by atoms with E-state index < -0.39 is 5.54 Å². The second kappa shape index (κ2) is 8.87. The summed E-state index contributed by atoms with van der Waals surface area (Å²) in [4.78, 5) is 28.7. The average Bonchev–Trinajstić information content (AvgIpc) is 2.81. The van der Waals surface area contributed by atoms with Gasteiger partial charge in [-0.25, -0.2) is 0 Å². The second-order valence-corrected chi connectivity index (χ2v) is 8.46. The van der Waals surface area contributed by atoms with Crippen molar-refractivity contribution in [3.05, 3.63) is 101 Å². The summed E-state index contributed by atoms with van der Waals surface area (Å²) >= 11 is 0. The van der Waals surface area contributed by atoms with Crippen molar-refractivity contribution in [3.8, 4) is 5.75 Å². The molecule has 4 rings (SSSR count). The van der Waals surface area contributed by atoms with Gasteiger partial charge in [-0.1, -0.05) is 54.6 Å². The molecule has 0 aromatic heterocycles. The molecule has 3 aromatic rings. The number of carbonyl (C=O) groups excluding carboxylic acids is 2. The molecule has 5 nitrogen and oxygen atoms in total.